The maximum Gasteiger partial charge on any atom is 0.243 e. The summed E-state index contributed by atoms with van der Waals surface area (Å²) in [5.41, 5.74) is 0.772. The molecule has 2 rings (SSSR count). The number of methoxy groups -OCH3 is 1. The number of amides is 1. The molecule has 1 aromatic rings. The highest BCUT2D eigenvalue weighted by molar-refractivity contribution is 7.89. The number of nitrogens with one attached hydrogen (secondary N) is 1. The Balaban J connectivity index is 2.07. The number of nitrogens with zero attached hydrogens (tertiary/aromatic N) is 1. The number of benzene rings is 1. The Morgan fingerprint density at radius 3 is 2.73 bits per heavy atom. The predicted octanol–water partition coefficient (Wildman–Crippen LogP) is 2.57. The van der Waals surface area contributed by atoms with Crippen LogP contribution in [0.25, 0.3) is 0 Å². The van der Waals surface area contributed by atoms with E-state index in [1.807, 2.05) is 6.92 Å². The van der Waals surface area contributed by atoms with Crippen molar-refractivity contribution in [1.29, 1.82) is 0 Å². The Labute approximate surface area is 157 Å². The number of aryl methyl sites for hydroxylation is 1. The summed E-state index contributed by atoms with van der Waals surface area (Å²) in [6.45, 7) is 7.36. The summed E-state index contributed by atoms with van der Waals surface area (Å²) in [5.74, 6) is 0.850. The number of carbonyl (C=O) groups is 1. The van der Waals surface area contributed by atoms with Gasteiger partial charge < -0.3 is 10.1 Å². The lowest BCUT2D eigenvalue weighted by molar-refractivity contribution is -0.126. The first-order valence-corrected chi connectivity index (χ1v) is 10.6. The fourth-order valence-electron chi connectivity index (χ4n) is 3.16. The SMILES string of the molecule is COc1ccc(S(=O)(=O)N2CCC[C@@H](C(=O)NCCC(C)C)C2)cc1C. The summed E-state index contributed by atoms with van der Waals surface area (Å²) in [7, 11) is -2.05. The molecular formula is C19H30N2O4S. The van der Waals surface area contributed by atoms with Gasteiger partial charge in [-0.2, -0.15) is 4.31 Å². The molecule has 7 heteroatoms. The second kappa shape index (κ2) is 8.86. The highest BCUT2D eigenvalue weighted by Gasteiger charge is 2.33. The van der Waals surface area contributed by atoms with Gasteiger partial charge in [0.25, 0.3) is 0 Å². The van der Waals surface area contributed by atoms with Crippen LogP contribution in [-0.2, 0) is 14.8 Å². The molecule has 0 aliphatic carbocycles. The summed E-state index contributed by atoms with van der Waals surface area (Å²) in [4.78, 5) is 12.6. The number of hydrogen-bond acceptors (Lipinski definition) is 4. The third kappa shape index (κ3) is 4.98. The third-order valence-electron chi connectivity index (χ3n) is 4.78. The molecule has 0 bridgehead atoms. The number of sulfonamides is 1. The maximum atomic E-state index is 13.0. The Hall–Kier alpha value is -1.60. The van der Waals surface area contributed by atoms with Crippen LogP contribution in [0.2, 0.25) is 0 Å². The van der Waals surface area contributed by atoms with Crippen LogP contribution in [0.5, 0.6) is 5.75 Å². The highest BCUT2D eigenvalue weighted by atomic mass is 32.2. The fourth-order valence-corrected chi connectivity index (χ4v) is 4.77. The van der Waals surface area contributed by atoms with E-state index < -0.39 is 10.0 Å². The van der Waals surface area contributed by atoms with Crippen LogP contribution in [0.15, 0.2) is 23.1 Å². The van der Waals surface area contributed by atoms with E-state index in [2.05, 4.69) is 19.2 Å². The molecule has 1 aromatic carbocycles. The minimum Gasteiger partial charge on any atom is -0.496 e. The smallest absolute Gasteiger partial charge is 0.243 e. The van der Waals surface area contributed by atoms with Crippen molar-refractivity contribution in [2.75, 3.05) is 26.7 Å². The molecule has 0 radical (unpaired) electrons. The predicted molar refractivity (Wildman–Crippen MR) is 102 cm³/mol. The Bertz CT molecular complexity index is 731. The van der Waals surface area contributed by atoms with E-state index in [9.17, 15) is 13.2 Å². The number of rotatable bonds is 7. The van der Waals surface area contributed by atoms with Gasteiger partial charge in [-0.05, 0) is 55.9 Å². The zero-order chi connectivity index (χ0) is 19.3. The van der Waals surface area contributed by atoms with E-state index in [1.54, 1.807) is 25.3 Å². The van der Waals surface area contributed by atoms with Gasteiger partial charge in [-0.1, -0.05) is 13.8 Å². The van der Waals surface area contributed by atoms with E-state index in [1.165, 1.54) is 4.31 Å². The van der Waals surface area contributed by atoms with E-state index >= 15 is 0 Å². The van der Waals surface area contributed by atoms with Crippen molar-refractivity contribution in [2.24, 2.45) is 11.8 Å². The number of ether oxygens (including phenoxy) is 1. The molecule has 26 heavy (non-hydrogen) atoms. The Kier molecular flexibility index (Phi) is 7.06. The zero-order valence-corrected chi connectivity index (χ0v) is 16.9. The average molecular weight is 383 g/mol. The summed E-state index contributed by atoms with van der Waals surface area (Å²) < 4.78 is 32.6. The van der Waals surface area contributed by atoms with Crippen LogP contribution in [0.3, 0.4) is 0 Å². The van der Waals surface area contributed by atoms with Crippen molar-refractivity contribution in [3.05, 3.63) is 23.8 Å². The monoisotopic (exact) mass is 382 g/mol. The molecule has 1 N–H and O–H groups in total. The molecule has 1 amide bonds. The lowest BCUT2D eigenvalue weighted by atomic mass is 9.98. The van der Waals surface area contributed by atoms with E-state index in [0.717, 1.165) is 18.4 Å². The molecule has 1 aliphatic heterocycles. The van der Waals surface area contributed by atoms with Crippen molar-refractivity contribution < 1.29 is 17.9 Å². The van der Waals surface area contributed by atoms with Crippen LogP contribution < -0.4 is 10.1 Å². The molecule has 1 fully saturated rings. The van der Waals surface area contributed by atoms with Crippen LogP contribution in [-0.4, -0.2) is 45.4 Å². The molecule has 1 aliphatic rings. The molecule has 1 heterocycles. The van der Waals surface area contributed by atoms with Gasteiger partial charge in [0, 0.05) is 19.6 Å². The van der Waals surface area contributed by atoms with Gasteiger partial charge in [-0.25, -0.2) is 8.42 Å². The van der Waals surface area contributed by atoms with Crippen LogP contribution in [0.4, 0.5) is 0 Å². The summed E-state index contributed by atoms with van der Waals surface area (Å²) in [6.07, 6.45) is 2.34. The zero-order valence-electron chi connectivity index (χ0n) is 16.1. The largest absolute Gasteiger partial charge is 0.496 e. The molecule has 1 saturated heterocycles. The average Bonchev–Trinajstić information content (AvgIpc) is 2.61. The molecular weight excluding hydrogens is 352 g/mol. The molecule has 0 spiro atoms. The van der Waals surface area contributed by atoms with Gasteiger partial charge in [0.1, 0.15) is 5.75 Å². The second-order valence-electron chi connectivity index (χ2n) is 7.31. The standard InChI is InChI=1S/C19H30N2O4S/c1-14(2)9-10-20-19(22)16-6-5-11-21(13-16)26(23,24)17-7-8-18(25-4)15(3)12-17/h7-8,12,14,16H,5-6,9-11,13H2,1-4H3,(H,20,22)/t16-/m1/s1. The first-order chi connectivity index (χ1) is 12.3. The van der Waals surface area contributed by atoms with E-state index in [0.29, 0.717) is 31.2 Å². The molecule has 1 atom stereocenters. The Morgan fingerprint density at radius 2 is 2.12 bits per heavy atom. The van der Waals surface area contributed by atoms with Crippen molar-refractivity contribution in [1.82, 2.24) is 9.62 Å². The molecule has 146 valence electrons. The van der Waals surface area contributed by atoms with Crippen molar-refractivity contribution >= 4 is 15.9 Å². The normalized spacial score (nSPS) is 18.7. The molecule has 0 unspecified atom stereocenters. The third-order valence-corrected chi connectivity index (χ3v) is 6.64. The van der Waals surface area contributed by atoms with E-state index in [-0.39, 0.29) is 23.3 Å². The first kappa shape index (κ1) is 20.7. The van der Waals surface area contributed by atoms with Crippen LogP contribution in [0, 0.1) is 18.8 Å². The summed E-state index contributed by atoms with van der Waals surface area (Å²) in [6, 6.07) is 4.86. The number of hydrogen-bond donors (Lipinski definition) is 1. The second-order valence-corrected chi connectivity index (χ2v) is 9.25. The van der Waals surface area contributed by atoms with Gasteiger partial charge >= 0.3 is 0 Å². The summed E-state index contributed by atoms with van der Waals surface area (Å²) in [5, 5.41) is 2.94. The van der Waals surface area contributed by atoms with Gasteiger partial charge in [-0.3, -0.25) is 4.79 Å². The van der Waals surface area contributed by atoms with Crippen LogP contribution >= 0.6 is 0 Å². The van der Waals surface area contributed by atoms with E-state index in [4.69, 9.17) is 4.74 Å². The van der Waals surface area contributed by atoms with Crippen molar-refractivity contribution in [3.8, 4) is 5.75 Å². The highest BCUT2D eigenvalue weighted by Crippen LogP contribution is 2.27. The van der Waals surface area contributed by atoms with Crippen molar-refractivity contribution in [2.45, 2.75) is 44.9 Å². The van der Waals surface area contributed by atoms with Gasteiger partial charge in [-0.15, -0.1) is 0 Å². The lowest BCUT2D eigenvalue weighted by Crippen LogP contribution is -2.45. The van der Waals surface area contributed by atoms with Gasteiger partial charge in [0.15, 0.2) is 0 Å². The summed E-state index contributed by atoms with van der Waals surface area (Å²) >= 11 is 0. The number of piperidine rings is 1. The molecule has 0 aromatic heterocycles. The topological polar surface area (TPSA) is 75.7 Å². The van der Waals surface area contributed by atoms with Gasteiger partial charge in [0.05, 0.1) is 17.9 Å². The fraction of sp³-hybridized carbons (Fsp3) is 0.632. The van der Waals surface area contributed by atoms with Gasteiger partial charge in [0.2, 0.25) is 15.9 Å². The lowest BCUT2D eigenvalue weighted by Gasteiger charge is -2.31. The first-order valence-electron chi connectivity index (χ1n) is 9.18. The minimum atomic E-state index is -3.61. The maximum absolute atomic E-state index is 13.0. The van der Waals surface area contributed by atoms with Crippen LogP contribution in [0.1, 0.15) is 38.7 Å². The van der Waals surface area contributed by atoms with Crippen molar-refractivity contribution in [3.63, 3.8) is 0 Å². The minimum absolute atomic E-state index is 0.0449. The molecule has 0 saturated carbocycles. The quantitative estimate of drug-likeness (QED) is 0.786. The molecule has 6 nitrogen and oxygen atoms in total. The Morgan fingerprint density at radius 1 is 1.38 bits per heavy atom. The number of carbonyl (C=O) groups excluding carboxylic acids is 1.